The molecule has 0 aliphatic carbocycles. The van der Waals surface area contributed by atoms with Crippen LogP contribution in [0.25, 0.3) is 33.2 Å². The molecule has 15 rings (SSSR count). The first-order valence-electron chi connectivity index (χ1n) is 36.9. The van der Waals surface area contributed by atoms with Crippen molar-refractivity contribution in [1.29, 1.82) is 0 Å². The van der Waals surface area contributed by atoms with Crippen molar-refractivity contribution in [3.63, 3.8) is 0 Å². The van der Waals surface area contributed by atoms with Gasteiger partial charge in [-0.25, -0.2) is 23.1 Å². The minimum Gasteiger partial charge on any atom is -1.00 e. The molecule has 7 N–H and O–H groups in total. The largest absolute Gasteiger partial charge is 1.00 e. The molecule has 0 spiro atoms. The van der Waals surface area contributed by atoms with Gasteiger partial charge in [0.25, 0.3) is 37.7 Å². The zero-order chi connectivity index (χ0) is 84.6. The Hall–Kier alpha value is -0.916. The average molecular weight is 2120 g/mol. The number of oxazole rings is 2. The second-order valence-electron chi connectivity index (χ2n) is 29.4. The molecule has 4 aromatic carbocycles. The number of nitrogen functional groups attached to an aromatic ring is 3. The molecule has 0 unspecified atom stereocenters. The Morgan fingerprint density at radius 3 is 1.44 bits per heavy atom. The number of ketones is 1. The third-order valence-corrected chi connectivity index (χ3v) is 23.4. The van der Waals surface area contributed by atoms with Crippen LogP contribution in [0.2, 0.25) is 0 Å². The Kier molecular flexibility index (Phi) is 48.8. The van der Waals surface area contributed by atoms with Crippen molar-refractivity contribution in [2.45, 2.75) is 210 Å². The standard InChI is InChI=1S/C13H17BN2O3.C12H24B2O4.C12H16O4S.C10H12IN5O.C7H5BrN2O.C7H7ClO2S.C5H10O2.C5H8O2.CH3F.CH2O3.B.2Cs.Na.2H/c1-12(2)13(3,4)19-14(18-12)8-5-6-10-9(7-8)16-11(15)17-10;1-9(2)10(3,4)16-13(15-9)14-17-11(5,6)12(7,8)18-14;1-10-2-4-12(5-3-10)17(13,14)16-11-6-8-15-9-7-11;11-8-7-9(12)13-5-14-10(7)16(15-8)6-1-3-17-4-2-6;8-4-1-2-6-5(3-4)10-7(9)11-6;1-6-2-4-7(5-3-6)11(8,9)10;2*6-5-1-3-7-4-2-5;1-2;2-1-4-3;;;;;;/h5-7H,1-4H3,(H2,15,16);1-8H3;2-5,11H,6-9H2,1H3;5-6H,1-4H2,(H2,12,13,14);1-3H,(H2,9,10);2-5H,1H3;5-6H,1-4H2;1-4H2;1H3;1,3H;;;;;;/q;;;;;;;;;;;3*+1;2*-1/p-1/i;;;;;;;;1D;;;;;;;. The second-order valence-corrected chi connectivity index (χ2v) is 35.5. The fraction of sp³-hybridized carbons (Fsp3) is 0.548. The zero-order valence-electron chi connectivity index (χ0n) is 72.6. The molecular formula is C73H105B4BrClCs2FIN9NaO22S2. The molecule has 117 heavy (non-hydrogen) atoms. The first-order chi connectivity index (χ1) is 53.4. The van der Waals surface area contributed by atoms with Gasteiger partial charge in [-0.05, 0) is 218 Å². The molecule has 8 aromatic rings. The van der Waals surface area contributed by atoms with Gasteiger partial charge >= 0.3 is 188 Å². The van der Waals surface area contributed by atoms with Crippen molar-refractivity contribution in [2.75, 3.05) is 77.2 Å². The van der Waals surface area contributed by atoms with Gasteiger partial charge in [0.2, 0.25) is 0 Å². The van der Waals surface area contributed by atoms with Gasteiger partial charge in [0.05, 0.1) is 88.8 Å². The number of hydrogen-bond donors (Lipinski definition) is 4. The van der Waals surface area contributed by atoms with Crippen LogP contribution in [0.15, 0.2) is 114 Å². The van der Waals surface area contributed by atoms with Crippen molar-refractivity contribution in [1.82, 2.24) is 29.7 Å². The SMILES string of the molecule is CC1(C)OB(B2OC(C)(C)C(C)(C)O2)OC1(C)C.CC1(C)OB(c2ccc3oc(N)nc3c2)OC1(C)C.Cc1ccc(S(=O)(=O)Cl)cc1.Cc1ccc(S(=O)(=O)OC2CCOCC2)cc1.Nc1nc2cc(Br)ccc2o1.Nc1ncnc2c1c(I)nn2C1CCOCC1.O=C1CCOCC1.O=CO[O-].OC1CCOCC1.[2H]CF.[B].[Cs+].[Cs+].[H-].[H-].[Na+]. The summed E-state index contributed by atoms with van der Waals surface area (Å²) in [6.45, 7) is 33.4. The number of Topliss-reactive ketones (excluding diaryl/α,β-unsaturated/α-hetero) is 1. The van der Waals surface area contributed by atoms with E-state index in [0.717, 1.165) is 93.4 Å². The molecule has 7 fully saturated rings. The summed E-state index contributed by atoms with van der Waals surface area (Å²) in [5.74, 6) is 0.837. The third kappa shape index (κ3) is 34.7. The Bertz CT molecular complexity index is 4540. The normalized spacial score (nSPS) is 18.9. The summed E-state index contributed by atoms with van der Waals surface area (Å²) in [7, 11) is -4.44. The maximum absolute atomic E-state index is 11.9. The fourth-order valence-electron chi connectivity index (χ4n) is 10.8. The van der Waals surface area contributed by atoms with Gasteiger partial charge in [0, 0.05) is 76.1 Å². The summed E-state index contributed by atoms with van der Waals surface area (Å²) in [5.41, 5.74) is 21.3. The van der Waals surface area contributed by atoms with Crippen molar-refractivity contribution < 1.29 is 278 Å². The number of anilines is 3. The number of ether oxygens (including phenoxy) is 4. The van der Waals surface area contributed by atoms with E-state index < -0.39 is 47.5 Å². The number of aryl methyl sites for hydroxylation is 2. The van der Waals surface area contributed by atoms with Crippen molar-refractivity contribution in [2.24, 2.45) is 0 Å². The molecule has 44 heteroatoms. The summed E-state index contributed by atoms with van der Waals surface area (Å²) >= 11 is 5.50. The van der Waals surface area contributed by atoms with Gasteiger partial charge in [-0.1, -0.05) is 57.4 Å². The van der Waals surface area contributed by atoms with E-state index >= 15 is 0 Å². The van der Waals surface area contributed by atoms with E-state index in [4.69, 9.17) is 104 Å². The molecule has 629 valence electrons. The molecule has 0 atom stereocenters. The predicted molar refractivity (Wildman–Crippen MR) is 445 cm³/mol. The third-order valence-electron chi connectivity index (χ3n) is 19.4. The van der Waals surface area contributed by atoms with E-state index in [2.05, 4.69) is 68.4 Å². The monoisotopic (exact) mass is 2120 g/mol. The van der Waals surface area contributed by atoms with E-state index in [1.54, 1.807) is 36.4 Å². The number of carbonyl (C=O) groups is 2. The minimum absolute atomic E-state index is 0. The molecule has 7 aliphatic heterocycles. The summed E-state index contributed by atoms with van der Waals surface area (Å²) in [5, 5.41) is 22.7. The number of carbonyl (C=O) groups excluding carboxylic acids is 2. The first-order valence-corrected chi connectivity index (χ1v) is 41.8. The van der Waals surface area contributed by atoms with Gasteiger partial charge in [0.15, 0.2) is 16.8 Å². The Morgan fingerprint density at radius 2 is 1.04 bits per heavy atom. The minimum atomic E-state index is -3.63. The summed E-state index contributed by atoms with van der Waals surface area (Å²) < 4.78 is 136. The molecule has 7 aliphatic rings. The van der Waals surface area contributed by atoms with Crippen LogP contribution < -0.4 is 195 Å². The number of halogens is 4. The zero-order valence-corrected chi connectivity index (χ0v) is 90.3. The number of benzene rings is 4. The van der Waals surface area contributed by atoms with Crippen LogP contribution in [-0.2, 0) is 84.7 Å². The van der Waals surface area contributed by atoms with Crippen LogP contribution >= 0.6 is 49.2 Å². The second kappa shape index (κ2) is 51.8. The maximum atomic E-state index is 11.9. The van der Waals surface area contributed by atoms with Crippen LogP contribution in [0, 0.1) is 17.5 Å². The van der Waals surface area contributed by atoms with Crippen molar-refractivity contribution >= 4 is 167 Å². The molecule has 4 aromatic heterocycles. The summed E-state index contributed by atoms with van der Waals surface area (Å²) in [6.07, 6.45) is 7.23. The molecule has 31 nitrogen and oxygen atoms in total. The van der Waals surface area contributed by atoms with Crippen molar-refractivity contribution in [3.8, 4) is 0 Å². The number of nitrogens with zero attached hydrogens (tertiary/aromatic N) is 6. The van der Waals surface area contributed by atoms with E-state index in [1.807, 2.05) is 138 Å². The summed E-state index contributed by atoms with van der Waals surface area (Å²) in [6, 6.07) is 25.0. The predicted octanol–water partition coefficient (Wildman–Crippen LogP) is 1.70. The van der Waals surface area contributed by atoms with Crippen LogP contribution in [0.3, 0.4) is 0 Å². The van der Waals surface area contributed by atoms with Gasteiger partial charge in [-0.15, -0.1) is 0 Å². The average Bonchev–Trinajstić information content (AvgIpc) is 1.26. The van der Waals surface area contributed by atoms with Gasteiger partial charge in [-0.3, -0.25) is 18.2 Å². The van der Waals surface area contributed by atoms with Crippen LogP contribution in [0.5, 0.6) is 0 Å². The number of hydrogen-bond acceptors (Lipinski definition) is 30. The fourth-order valence-corrected chi connectivity index (χ4v) is 13.8. The van der Waals surface area contributed by atoms with E-state index in [-0.39, 0.29) is 253 Å². The topological polar surface area (TPSA) is 430 Å². The molecular weight excluding hydrogens is 2010 g/mol. The number of fused-ring (bicyclic) bond motifs is 3. The molecule has 0 saturated carbocycles. The van der Waals surface area contributed by atoms with E-state index in [0.29, 0.717) is 86.4 Å². The molecule has 0 bridgehead atoms. The first kappa shape index (κ1) is 110. The number of rotatable bonds is 8. The van der Waals surface area contributed by atoms with Crippen molar-refractivity contribution in [3.05, 3.63) is 111 Å². The molecule has 3 radical (unpaired) electrons. The Labute approximate surface area is 858 Å². The van der Waals surface area contributed by atoms with E-state index in [9.17, 15) is 26.0 Å². The number of aliphatic hydroxyl groups is 1. The molecule has 7 saturated heterocycles. The van der Waals surface area contributed by atoms with Crippen LogP contribution in [0.4, 0.5) is 22.2 Å². The van der Waals surface area contributed by atoms with Gasteiger partial charge in [-0.2, -0.15) is 23.5 Å². The van der Waals surface area contributed by atoms with Crippen LogP contribution in [-0.4, -0.2) is 199 Å². The number of nitrogens with two attached hydrogens (primary N) is 3. The number of aliphatic hydroxyl groups excluding tert-OH is 1. The van der Waals surface area contributed by atoms with Crippen LogP contribution in [0.1, 0.15) is 156 Å². The summed E-state index contributed by atoms with van der Waals surface area (Å²) in [4.78, 5) is 38.4. The Balaban J connectivity index is 0.00000135. The number of aromatic nitrogens is 6. The number of alkyl halides is 1. The maximum Gasteiger partial charge on any atom is 1.00 e. The molecule has 11 heterocycles. The smallest absolute Gasteiger partial charge is 1.00 e. The van der Waals surface area contributed by atoms with Gasteiger partial charge < -0.3 is 91.0 Å². The van der Waals surface area contributed by atoms with E-state index in [1.165, 1.54) is 18.5 Å². The van der Waals surface area contributed by atoms with Gasteiger partial charge in [0.1, 0.15) is 32.7 Å². The quantitative estimate of drug-likeness (QED) is 0.0320. The Morgan fingerprint density at radius 1 is 0.650 bits per heavy atom. The molecule has 0 amide bonds.